The van der Waals surface area contributed by atoms with E-state index in [1.165, 1.54) is 0 Å². The summed E-state index contributed by atoms with van der Waals surface area (Å²) >= 11 is 5.89. The lowest BCUT2D eigenvalue weighted by Gasteiger charge is -2.27. The van der Waals surface area contributed by atoms with Crippen molar-refractivity contribution in [2.24, 2.45) is 0 Å². The number of pyridine rings is 1. The molecular formula is C12H19ClN2O. The number of nitrogens with one attached hydrogen (secondary N) is 1. The lowest BCUT2D eigenvalue weighted by Crippen LogP contribution is -2.45. The van der Waals surface area contributed by atoms with Crippen LogP contribution in [0, 0.1) is 0 Å². The van der Waals surface area contributed by atoms with Crippen molar-refractivity contribution >= 4 is 11.6 Å². The average molecular weight is 243 g/mol. The van der Waals surface area contributed by atoms with Crippen LogP contribution in [0.1, 0.15) is 20.3 Å². The van der Waals surface area contributed by atoms with Gasteiger partial charge in [-0.3, -0.25) is 4.79 Å². The topological polar surface area (TPSA) is 34.0 Å². The van der Waals surface area contributed by atoms with Gasteiger partial charge >= 0.3 is 0 Å². The van der Waals surface area contributed by atoms with Crippen LogP contribution in [0.2, 0.25) is 0 Å². The Morgan fingerprint density at radius 2 is 2.25 bits per heavy atom. The summed E-state index contributed by atoms with van der Waals surface area (Å²) in [6.45, 7) is 5.62. The van der Waals surface area contributed by atoms with Gasteiger partial charge in [-0.25, -0.2) is 0 Å². The number of rotatable bonds is 6. The van der Waals surface area contributed by atoms with Gasteiger partial charge in [-0.05, 0) is 19.4 Å². The Morgan fingerprint density at radius 1 is 1.50 bits per heavy atom. The molecule has 1 rings (SSSR count). The van der Waals surface area contributed by atoms with E-state index in [2.05, 4.69) is 19.2 Å². The molecule has 90 valence electrons. The molecule has 0 aliphatic carbocycles. The number of halogens is 1. The quantitative estimate of drug-likeness (QED) is 0.773. The molecule has 1 N–H and O–H groups in total. The van der Waals surface area contributed by atoms with Gasteiger partial charge in [0.2, 0.25) is 0 Å². The van der Waals surface area contributed by atoms with Crippen LogP contribution in [0.15, 0.2) is 29.2 Å². The average Bonchev–Trinajstić information content (AvgIpc) is 2.31. The zero-order valence-electron chi connectivity index (χ0n) is 9.87. The zero-order chi connectivity index (χ0) is 12.0. The van der Waals surface area contributed by atoms with Crippen LogP contribution in [0.25, 0.3) is 0 Å². The monoisotopic (exact) mass is 242 g/mol. The van der Waals surface area contributed by atoms with Gasteiger partial charge in [0, 0.05) is 36.8 Å². The first kappa shape index (κ1) is 13.3. The third kappa shape index (κ3) is 3.65. The van der Waals surface area contributed by atoms with Crippen LogP contribution in [0.5, 0.6) is 0 Å². The molecule has 1 atom stereocenters. The molecule has 0 bridgehead atoms. The molecule has 0 aliphatic heterocycles. The third-order valence-corrected chi connectivity index (χ3v) is 3.47. The Hall–Kier alpha value is -0.800. The van der Waals surface area contributed by atoms with Crippen LogP contribution in [-0.4, -0.2) is 22.5 Å². The van der Waals surface area contributed by atoms with E-state index in [1.807, 2.05) is 6.07 Å². The van der Waals surface area contributed by atoms with Crippen molar-refractivity contribution in [3.05, 3.63) is 34.7 Å². The van der Waals surface area contributed by atoms with Gasteiger partial charge in [0.15, 0.2) is 0 Å². The SMILES string of the molecule is CCC(C)(CCl)NCCn1ccccc1=O. The largest absolute Gasteiger partial charge is 0.314 e. The molecule has 0 saturated heterocycles. The van der Waals surface area contributed by atoms with Crippen molar-refractivity contribution < 1.29 is 0 Å². The molecule has 1 aromatic rings. The minimum absolute atomic E-state index is 0.0355. The summed E-state index contributed by atoms with van der Waals surface area (Å²) in [6.07, 6.45) is 2.77. The fourth-order valence-corrected chi connectivity index (χ4v) is 1.67. The highest BCUT2D eigenvalue weighted by Gasteiger charge is 2.18. The Labute approximate surface area is 101 Å². The first-order valence-electron chi connectivity index (χ1n) is 5.58. The second-order valence-corrected chi connectivity index (χ2v) is 4.47. The van der Waals surface area contributed by atoms with E-state index in [9.17, 15) is 4.79 Å². The van der Waals surface area contributed by atoms with Crippen molar-refractivity contribution in [3.8, 4) is 0 Å². The lowest BCUT2D eigenvalue weighted by atomic mass is 10.0. The predicted molar refractivity (Wildman–Crippen MR) is 68.1 cm³/mol. The van der Waals surface area contributed by atoms with Gasteiger partial charge in [0.25, 0.3) is 5.56 Å². The molecule has 0 fully saturated rings. The minimum Gasteiger partial charge on any atom is -0.314 e. The summed E-state index contributed by atoms with van der Waals surface area (Å²) < 4.78 is 1.69. The first-order chi connectivity index (χ1) is 7.61. The minimum atomic E-state index is -0.0417. The summed E-state index contributed by atoms with van der Waals surface area (Å²) in [6, 6.07) is 5.18. The maximum atomic E-state index is 11.4. The molecule has 4 heteroatoms. The van der Waals surface area contributed by atoms with E-state index in [1.54, 1.807) is 22.9 Å². The van der Waals surface area contributed by atoms with Crippen molar-refractivity contribution in [1.82, 2.24) is 9.88 Å². The van der Waals surface area contributed by atoms with E-state index in [4.69, 9.17) is 11.6 Å². The molecule has 0 spiro atoms. The van der Waals surface area contributed by atoms with E-state index < -0.39 is 0 Å². The first-order valence-corrected chi connectivity index (χ1v) is 6.11. The highest BCUT2D eigenvalue weighted by molar-refractivity contribution is 6.18. The molecule has 16 heavy (non-hydrogen) atoms. The maximum absolute atomic E-state index is 11.4. The fourth-order valence-electron chi connectivity index (χ4n) is 1.39. The van der Waals surface area contributed by atoms with Crippen LogP contribution in [0.4, 0.5) is 0 Å². The second-order valence-electron chi connectivity index (χ2n) is 4.21. The number of hydrogen-bond donors (Lipinski definition) is 1. The summed E-state index contributed by atoms with van der Waals surface area (Å²) in [5, 5.41) is 3.38. The Balaban J connectivity index is 2.48. The van der Waals surface area contributed by atoms with Gasteiger partial charge in [0.1, 0.15) is 0 Å². The van der Waals surface area contributed by atoms with Gasteiger partial charge < -0.3 is 9.88 Å². The number of aromatic nitrogens is 1. The third-order valence-electron chi connectivity index (χ3n) is 2.88. The molecule has 3 nitrogen and oxygen atoms in total. The standard InChI is InChI=1S/C12H19ClN2O/c1-3-12(2,10-13)14-7-9-15-8-5-4-6-11(15)16/h4-6,8,14H,3,7,9-10H2,1-2H3. The Kier molecular flexibility index (Phi) is 5.03. The van der Waals surface area contributed by atoms with E-state index in [-0.39, 0.29) is 11.1 Å². The Bertz CT molecular complexity index is 371. The number of alkyl halides is 1. The predicted octanol–water partition coefficient (Wildman–Crippen LogP) is 1.85. The van der Waals surface area contributed by atoms with E-state index >= 15 is 0 Å². The molecule has 0 radical (unpaired) electrons. The maximum Gasteiger partial charge on any atom is 0.250 e. The van der Waals surface area contributed by atoms with Gasteiger partial charge in [-0.15, -0.1) is 11.6 Å². The van der Waals surface area contributed by atoms with Crippen LogP contribution < -0.4 is 10.9 Å². The summed E-state index contributed by atoms with van der Waals surface area (Å²) in [5.74, 6) is 0.577. The van der Waals surface area contributed by atoms with Crippen molar-refractivity contribution in [1.29, 1.82) is 0 Å². The molecule has 0 aromatic carbocycles. The molecule has 1 aromatic heterocycles. The van der Waals surface area contributed by atoms with Crippen molar-refractivity contribution in [2.45, 2.75) is 32.4 Å². The van der Waals surface area contributed by atoms with Crippen LogP contribution in [0.3, 0.4) is 0 Å². The van der Waals surface area contributed by atoms with Gasteiger partial charge in [0.05, 0.1) is 0 Å². The van der Waals surface area contributed by atoms with Crippen LogP contribution >= 0.6 is 11.6 Å². The smallest absolute Gasteiger partial charge is 0.250 e. The molecule has 0 amide bonds. The molecule has 1 unspecified atom stereocenters. The van der Waals surface area contributed by atoms with Gasteiger partial charge in [-0.1, -0.05) is 13.0 Å². The van der Waals surface area contributed by atoms with Crippen molar-refractivity contribution in [3.63, 3.8) is 0 Å². The van der Waals surface area contributed by atoms with E-state index in [0.717, 1.165) is 13.0 Å². The van der Waals surface area contributed by atoms with Crippen LogP contribution in [-0.2, 0) is 6.54 Å². The Morgan fingerprint density at radius 3 is 2.81 bits per heavy atom. The normalized spacial score (nSPS) is 14.7. The fraction of sp³-hybridized carbons (Fsp3) is 0.583. The summed E-state index contributed by atoms with van der Waals surface area (Å²) in [4.78, 5) is 11.4. The summed E-state index contributed by atoms with van der Waals surface area (Å²) in [7, 11) is 0. The lowest BCUT2D eigenvalue weighted by molar-refractivity contribution is 0.371. The molecule has 0 aliphatic rings. The molecule has 0 saturated carbocycles. The second kappa shape index (κ2) is 6.06. The highest BCUT2D eigenvalue weighted by Crippen LogP contribution is 2.10. The van der Waals surface area contributed by atoms with Gasteiger partial charge in [-0.2, -0.15) is 0 Å². The zero-order valence-corrected chi connectivity index (χ0v) is 10.6. The highest BCUT2D eigenvalue weighted by atomic mass is 35.5. The molecule has 1 heterocycles. The number of hydrogen-bond acceptors (Lipinski definition) is 2. The summed E-state index contributed by atoms with van der Waals surface area (Å²) in [5.41, 5.74) is -0.00619. The number of nitrogens with zero attached hydrogens (tertiary/aromatic N) is 1. The van der Waals surface area contributed by atoms with Crippen molar-refractivity contribution in [2.75, 3.05) is 12.4 Å². The molecular weight excluding hydrogens is 224 g/mol. The van der Waals surface area contributed by atoms with E-state index in [0.29, 0.717) is 12.4 Å².